The maximum atomic E-state index is 11.1. The second-order valence-corrected chi connectivity index (χ2v) is 6.49. The number of ether oxygens (including phenoxy) is 1. The molecule has 0 aliphatic heterocycles. The highest BCUT2D eigenvalue weighted by Crippen LogP contribution is 2.25. The molecule has 0 aromatic carbocycles. The molecule has 0 aliphatic carbocycles. The monoisotopic (exact) mass is 251 g/mol. The topological polar surface area (TPSA) is 69.4 Å². The van der Waals surface area contributed by atoms with E-state index in [2.05, 4.69) is 0 Å². The Bertz CT molecular complexity index is 284. The second-order valence-electron chi connectivity index (χ2n) is 4.23. The Kier molecular flexibility index (Phi) is 6.51. The van der Waals surface area contributed by atoms with Gasteiger partial charge >= 0.3 is 0 Å². The Labute approximate surface area is 99.5 Å². The number of sulfone groups is 1. The number of hydrogen-bond donors (Lipinski definition) is 1. The first-order valence-electron chi connectivity index (χ1n) is 5.88. The molecule has 0 rings (SSSR count). The van der Waals surface area contributed by atoms with Crippen LogP contribution in [-0.2, 0) is 14.6 Å². The van der Waals surface area contributed by atoms with Gasteiger partial charge in [-0.3, -0.25) is 0 Å². The lowest BCUT2D eigenvalue weighted by atomic mass is 9.87. The van der Waals surface area contributed by atoms with Crippen molar-refractivity contribution in [2.24, 2.45) is 5.73 Å². The third-order valence-corrected chi connectivity index (χ3v) is 4.08. The third kappa shape index (κ3) is 4.80. The summed E-state index contributed by atoms with van der Waals surface area (Å²) in [6.07, 6.45) is 3.31. The molecule has 0 spiro atoms. The molecule has 0 aromatic heterocycles. The minimum atomic E-state index is -2.95. The highest BCUT2D eigenvalue weighted by atomic mass is 32.2. The van der Waals surface area contributed by atoms with E-state index < -0.39 is 9.84 Å². The summed E-state index contributed by atoms with van der Waals surface area (Å²) in [6.45, 7) is 6.59. The van der Waals surface area contributed by atoms with Crippen LogP contribution in [0.3, 0.4) is 0 Å². The average Bonchev–Trinajstić information content (AvgIpc) is 2.21. The van der Waals surface area contributed by atoms with E-state index in [-0.39, 0.29) is 17.4 Å². The molecular formula is C11H25NO3S. The molecule has 0 aliphatic rings. The summed E-state index contributed by atoms with van der Waals surface area (Å²) >= 11 is 0. The Morgan fingerprint density at radius 2 is 1.75 bits per heavy atom. The van der Waals surface area contributed by atoms with Crippen molar-refractivity contribution in [3.05, 3.63) is 0 Å². The molecule has 0 radical (unpaired) electrons. The number of hydrogen-bond acceptors (Lipinski definition) is 4. The average molecular weight is 251 g/mol. The predicted molar refractivity (Wildman–Crippen MR) is 67.2 cm³/mol. The van der Waals surface area contributed by atoms with Gasteiger partial charge in [0.1, 0.15) is 9.84 Å². The maximum absolute atomic E-state index is 11.1. The standard InChI is InChI=1S/C11H25NO3S/c1-5-11(6-2,15-7-3)10(12)8-9-16(4,13)14/h10H,5-9,12H2,1-4H3. The predicted octanol–water partition coefficient (Wildman–Crippen LogP) is 1.34. The summed E-state index contributed by atoms with van der Waals surface area (Å²) in [5.41, 5.74) is 5.70. The molecule has 1 atom stereocenters. The number of rotatable bonds is 8. The molecule has 2 N–H and O–H groups in total. The van der Waals surface area contributed by atoms with E-state index in [0.717, 1.165) is 12.8 Å². The normalized spacial score (nSPS) is 15.1. The summed E-state index contributed by atoms with van der Waals surface area (Å²) in [5, 5.41) is 0. The van der Waals surface area contributed by atoms with Gasteiger partial charge in [-0.05, 0) is 26.2 Å². The molecule has 0 fully saturated rings. The SMILES string of the molecule is CCOC(CC)(CC)C(N)CCS(C)(=O)=O. The van der Waals surface area contributed by atoms with Crippen LogP contribution in [0.1, 0.15) is 40.0 Å². The zero-order valence-corrected chi connectivity index (χ0v) is 11.6. The van der Waals surface area contributed by atoms with Crippen molar-refractivity contribution in [1.29, 1.82) is 0 Å². The molecule has 98 valence electrons. The smallest absolute Gasteiger partial charge is 0.147 e. The first-order valence-corrected chi connectivity index (χ1v) is 7.94. The third-order valence-electron chi connectivity index (χ3n) is 3.10. The van der Waals surface area contributed by atoms with Gasteiger partial charge in [-0.2, -0.15) is 0 Å². The van der Waals surface area contributed by atoms with Crippen LogP contribution in [0, 0.1) is 0 Å². The van der Waals surface area contributed by atoms with Crippen LogP contribution in [0.15, 0.2) is 0 Å². The van der Waals surface area contributed by atoms with Gasteiger partial charge in [-0.25, -0.2) is 8.42 Å². The highest BCUT2D eigenvalue weighted by Gasteiger charge is 2.34. The van der Waals surface area contributed by atoms with E-state index in [0.29, 0.717) is 13.0 Å². The molecule has 0 saturated carbocycles. The molecule has 16 heavy (non-hydrogen) atoms. The summed E-state index contributed by atoms with van der Waals surface area (Å²) < 4.78 is 27.9. The molecule has 0 heterocycles. The molecular weight excluding hydrogens is 226 g/mol. The minimum absolute atomic E-state index is 0.128. The van der Waals surface area contributed by atoms with Gasteiger partial charge in [-0.1, -0.05) is 13.8 Å². The molecule has 0 saturated heterocycles. The number of nitrogens with two attached hydrogens (primary N) is 1. The van der Waals surface area contributed by atoms with Gasteiger partial charge in [0, 0.05) is 18.9 Å². The zero-order chi connectivity index (χ0) is 12.8. The van der Waals surface area contributed by atoms with E-state index in [1.807, 2.05) is 20.8 Å². The van der Waals surface area contributed by atoms with Crippen molar-refractivity contribution < 1.29 is 13.2 Å². The summed E-state index contributed by atoms with van der Waals surface area (Å²) in [5.74, 6) is 0.128. The van der Waals surface area contributed by atoms with Crippen LogP contribution in [0.5, 0.6) is 0 Å². The lowest BCUT2D eigenvalue weighted by Gasteiger charge is -2.37. The summed E-state index contributed by atoms with van der Waals surface area (Å²) in [4.78, 5) is 0. The van der Waals surface area contributed by atoms with Crippen molar-refractivity contribution in [3.8, 4) is 0 Å². The zero-order valence-electron chi connectivity index (χ0n) is 10.8. The van der Waals surface area contributed by atoms with Crippen LogP contribution in [0.25, 0.3) is 0 Å². The van der Waals surface area contributed by atoms with Crippen molar-refractivity contribution >= 4 is 9.84 Å². The first-order chi connectivity index (χ1) is 7.31. The van der Waals surface area contributed by atoms with E-state index in [4.69, 9.17) is 10.5 Å². The van der Waals surface area contributed by atoms with Gasteiger partial charge in [0.25, 0.3) is 0 Å². The van der Waals surface area contributed by atoms with Crippen LogP contribution in [0.4, 0.5) is 0 Å². The molecule has 0 aromatic rings. The molecule has 5 heteroatoms. The Morgan fingerprint density at radius 3 is 2.06 bits per heavy atom. The molecule has 0 amide bonds. The minimum Gasteiger partial charge on any atom is -0.374 e. The van der Waals surface area contributed by atoms with E-state index >= 15 is 0 Å². The van der Waals surface area contributed by atoms with Crippen LogP contribution in [-0.4, -0.2) is 38.7 Å². The molecule has 4 nitrogen and oxygen atoms in total. The van der Waals surface area contributed by atoms with Gasteiger partial charge in [0.05, 0.1) is 11.4 Å². The van der Waals surface area contributed by atoms with Crippen molar-refractivity contribution in [3.63, 3.8) is 0 Å². The lowest BCUT2D eigenvalue weighted by molar-refractivity contribution is -0.0639. The van der Waals surface area contributed by atoms with Crippen molar-refractivity contribution in [2.75, 3.05) is 18.6 Å². The fourth-order valence-electron chi connectivity index (χ4n) is 1.98. The lowest BCUT2D eigenvalue weighted by Crippen LogP contribution is -2.50. The fraction of sp³-hybridized carbons (Fsp3) is 1.00. The molecule has 1 unspecified atom stereocenters. The van der Waals surface area contributed by atoms with Crippen molar-refractivity contribution in [1.82, 2.24) is 0 Å². The van der Waals surface area contributed by atoms with Gasteiger partial charge < -0.3 is 10.5 Å². The summed E-state index contributed by atoms with van der Waals surface area (Å²) in [6, 6.07) is -0.225. The van der Waals surface area contributed by atoms with E-state index in [1.54, 1.807) is 0 Å². The Balaban J connectivity index is 4.55. The summed E-state index contributed by atoms with van der Waals surface area (Å²) in [7, 11) is -2.95. The van der Waals surface area contributed by atoms with E-state index in [9.17, 15) is 8.42 Å². The van der Waals surface area contributed by atoms with Gasteiger partial charge in [-0.15, -0.1) is 0 Å². The highest BCUT2D eigenvalue weighted by molar-refractivity contribution is 7.90. The van der Waals surface area contributed by atoms with E-state index in [1.165, 1.54) is 6.26 Å². The van der Waals surface area contributed by atoms with Crippen LogP contribution >= 0.6 is 0 Å². The Morgan fingerprint density at radius 1 is 1.25 bits per heavy atom. The van der Waals surface area contributed by atoms with Crippen molar-refractivity contribution in [2.45, 2.75) is 51.7 Å². The molecule has 0 bridgehead atoms. The Hall–Kier alpha value is -0.130. The largest absolute Gasteiger partial charge is 0.374 e. The maximum Gasteiger partial charge on any atom is 0.147 e. The second kappa shape index (κ2) is 6.57. The van der Waals surface area contributed by atoms with Crippen LogP contribution in [0.2, 0.25) is 0 Å². The van der Waals surface area contributed by atoms with Crippen LogP contribution < -0.4 is 5.73 Å². The fourth-order valence-corrected chi connectivity index (χ4v) is 2.66. The quantitative estimate of drug-likeness (QED) is 0.707. The first kappa shape index (κ1) is 15.9. The van der Waals surface area contributed by atoms with Gasteiger partial charge in [0.15, 0.2) is 0 Å². The van der Waals surface area contributed by atoms with Gasteiger partial charge in [0.2, 0.25) is 0 Å².